The second-order valence-corrected chi connectivity index (χ2v) is 4.21. The Morgan fingerprint density at radius 3 is 2.73 bits per heavy atom. The lowest BCUT2D eigenvalue weighted by Gasteiger charge is -2.41. The fraction of sp³-hybridized carbons (Fsp3) is 1.00. The highest BCUT2D eigenvalue weighted by atomic mass is 32.1. The Morgan fingerprint density at radius 1 is 1.36 bits per heavy atom. The van der Waals surface area contributed by atoms with Crippen LogP contribution in [0.4, 0.5) is 0 Å². The van der Waals surface area contributed by atoms with Gasteiger partial charge in [0.05, 0.1) is 19.3 Å². The van der Waals surface area contributed by atoms with E-state index in [1.165, 1.54) is 19.4 Å². The quantitative estimate of drug-likeness (QED) is 0.588. The van der Waals surface area contributed by atoms with Gasteiger partial charge in [-0.3, -0.25) is 4.90 Å². The summed E-state index contributed by atoms with van der Waals surface area (Å²) in [6.45, 7) is 4.31. The zero-order chi connectivity index (χ0) is 7.68. The summed E-state index contributed by atoms with van der Waals surface area (Å²) in [5.41, 5.74) is 0. The number of likely N-dealkylation sites (tertiary alicyclic amines) is 1. The smallest absolute Gasteiger partial charge is 0.0645 e. The highest BCUT2D eigenvalue weighted by Gasteiger charge is 2.28. The van der Waals surface area contributed by atoms with Crippen LogP contribution in [0.15, 0.2) is 0 Å². The van der Waals surface area contributed by atoms with Crippen molar-refractivity contribution in [2.75, 3.05) is 26.3 Å². The summed E-state index contributed by atoms with van der Waals surface area (Å²) in [5.74, 6) is 0. The summed E-state index contributed by atoms with van der Waals surface area (Å²) in [4.78, 5) is 2.52. The van der Waals surface area contributed by atoms with E-state index in [4.69, 9.17) is 4.74 Å². The number of ether oxygens (including phenoxy) is 1. The van der Waals surface area contributed by atoms with E-state index >= 15 is 0 Å². The molecule has 2 heterocycles. The van der Waals surface area contributed by atoms with E-state index in [0.717, 1.165) is 19.8 Å². The van der Waals surface area contributed by atoms with Gasteiger partial charge in [0, 0.05) is 11.8 Å². The topological polar surface area (TPSA) is 12.5 Å². The minimum Gasteiger partial charge on any atom is -0.378 e. The molecule has 0 spiro atoms. The van der Waals surface area contributed by atoms with Crippen molar-refractivity contribution in [3.63, 3.8) is 0 Å². The van der Waals surface area contributed by atoms with Gasteiger partial charge in [0.25, 0.3) is 0 Å². The van der Waals surface area contributed by atoms with Gasteiger partial charge in [0.15, 0.2) is 0 Å². The van der Waals surface area contributed by atoms with E-state index < -0.39 is 0 Å². The van der Waals surface area contributed by atoms with Gasteiger partial charge in [-0.05, 0) is 19.4 Å². The van der Waals surface area contributed by atoms with Crippen molar-refractivity contribution in [2.24, 2.45) is 0 Å². The summed E-state index contributed by atoms with van der Waals surface area (Å²) in [7, 11) is 0. The Labute approximate surface area is 73.3 Å². The SMILES string of the molecule is S[C@@H]1CCCN(C2COC2)C1. The maximum absolute atomic E-state index is 5.16. The molecule has 0 amide bonds. The Bertz CT molecular complexity index is 138. The number of rotatable bonds is 1. The Hall–Kier alpha value is 0.270. The van der Waals surface area contributed by atoms with E-state index in [0.29, 0.717) is 11.3 Å². The molecule has 2 aliphatic heterocycles. The lowest BCUT2D eigenvalue weighted by Crippen LogP contribution is -2.52. The van der Waals surface area contributed by atoms with Crippen LogP contribution in [0.5, 0.6) is 0 Å². The molecule has 64 valence electrons. The summed E-state index contributed by atoms with van der Waals surface area (Å²) in [5, 5.41) is 0.601. The minimum atomic E-state index is 0.601. The second kappa shape index (κ2) is 3.33. The van der Waals surface area contributed by atoms with E-state index in [1.54, 1.807) is 0 Å². The first-order valence-electron chi connectivity index (χ1n) is 4.36. The zero-order valence-electron chi connectivity index (χ0n) is 6.70. The molecule has 0 N–H and O–H groups in total. The molecule has 0 unspecified atom stereocenters. The molecule has 0 aliphatic carbocycles. The van der Waals surface area contributed by atoms with Crippen molar-refractivity contribution in [1.29, 1.82) is 0 Å². The van der Waals surface area contributed by atoms with Gasteiger partial charge in [-0.2, -0.15) is 12.6 Å². The van der Waals surface area contributed by atoms with Gasteiger partial charge >= 0.3 is 0 Å². The molecule has 0 aromatic heterocycles. The maximum Gasteiger partial charge on any atom is 0.0645 e. The molecule has 2 rings (SSSR count). The monoisotopic (exact) mass is 173 g/mol. The minimum absolute atomic E-state index is 0.601. The van der Waals surface area contributed by atoms with Crippen molar-refractivity contribution in [2.45, 2.75) is 24.1 Å². The van der Waals surface area contributed by atoms with Crippen LogP contribution in [0.3, 0.4) is 0 Å². The van der Waals surface area contributed by atoms with Crippen LogP contribution in [-0.2, 0) is 4.74 Å². The first kappa shape index (κ1) is 7.90. The van der Waals surface area contributed by atoms with Gasteiger partial charge in [-0.1, -0.05) is 0 Å². The van der Waals surface area contributed by atoms with Crippen LogP contribution in [0.1, 0.15) is 12.8 Å². The van der Waals surface area contributed by atoms with Crippen LogP contribution in [0.25, 0.3) is 0 Å². The first-order chi connectivity index (χ1) is 5.36. The molecule has 0 aromatic rings. The van der Waals surface area contributed by atoms with Crippen LogP contribution < -0.4 is 0 Å². The molecule has 2 aliphatic rings. The third-order valence-electron chi connectivity index (χ3n) is 2.56. The van der Waals surface area contributed by atoms with Crippen LogP contribution in [0, 0.1) is 0 Å². The fourth-order valence-electron chi connectivity index (χ4n) is 1.75. The van der Waals surface area contributed by atoms with Gasteiger partial charge in [0.1, 0.15) is 0 Å². The van der Waals surface area contributed by atoms with Crippen LogP contribution >= 0.6 is 12.6 Å². The first-order valence-corrected chi connectivity index (χ1v) is 4.88. The number of piperidine rings is 1. The standard InChI is InChI=1S/C8H15NOS/c11-8-2-1-3-9(4-8)7-5-10-6-7/h7-8,11H,1-6H2/t8-/m1/s1. The summed E-state index contributed by atoms with van der Waals surface area (Å²) < 4.78 is 5.16. The van der Waals surface area contributed by atoms with E-state index in [9.17, 15) is 0 Å². The van der Waals surface area contributed by atoms with E-state index in [2.05, 4.69) is 17.5 Å². The fourth-order valence-corrected chi connectivity index (χ4v) is 2.14. The number of hydrogen-bond acceptors (Lipinski definition) is 3. The normalized spacial score (nSPS) is 35.2. The van der Waals surface area contributed by atoms with Crippen LogP contribution in [0.2, 0.25) is 0 Å². The van der Waals surface area contributed by atoms with Crippen molar-refractivity contribution in [3.05, 3.63) is 0 Å². The Balaban J connectivity index is 1.82. The van der Waals surface area contributed by atoms with Crippen LogP contribution in [-0.4, -0.2) is 42.5 Å². The Kier molecular flexibility index (Phi) is 2.39. The molecule has 2 fully saturated rings. The molecule has 2 nitrogen and oxygen atoms in total. The molecular formula is C8H15NOS. The molecule has 2 saturated heterocycles. The van der Waals surface area contributed by atoms with Crippen molar-refractivity contribution in [1.82, 2.24) is 4.90 Å². The highest BCUT2D eigenvalue weighted by molar-refractivity contribution is 7.81. The van der Waals surface area contributed by atoms with E-state index in [1.807, 2.05) is 0 Å². The maximum atomic E-state index is 5.16. The third kappa shape index (κ3) is 1.71. The molecule has 0 radical (unpaired) electrons. The molecule has 0 aromatic carbocycles. The van der Waals surface area contributed by atoms with Crippen molar-refractivity contribution in [3.8, 4) is 0 Å². The molecule has 1 atom stereocenters. The predicted octanol–water partition coefficient (Wildman–Crippen LogP) is 0.779. The number of hydrogen-bond donors (Lipinski definition) is 1. The number of nitrogens with zero attached hydrogens (tertiary/aromatic N) is 1. The van der Waals surface area contributed by atoms with E-state index in [-0.39, 0.29) is 0 Å². The number of thiol groups is 1. The molecular weight excluding hydrogens is 158 g/mol. The lowest BCUT2D eigenvalue weighted by atomic mass is 10.1. The van der Waals surface area contributed by atoms with Gasteiger partial charge < -0.3 is 4.74 Å². The molecule has 11 heavy (non-hydrogen) atoms. The predicted molar refractivity (Wildman–Crippen MR) is 48.2 cm³/mol. The largest absolute Gasteiger partial charge is 0.378 e. The third-order valence-corrected chi connectivity index (χ3v) is 2.99. The lowest BCUT2D eigenvalue weighted by molar-refractivity contribution is -0.0690. The van der Waals surface area contributed by atoms with Crippen molar-refractivity contribution >= 4 is 12.6 Å². The average molecular weight is 173 g/mol. The zero-order valence-corrected chi connectivity index (χ0v) is 7.59. The van der Waals surface area contributed by atoms with Gasteiger partial charge in [0.2, 0.25) is 0 Å². The average Bonchev–Trinajstić information content (AvgIpc) is 1.83. The summed E-state index contributed by atoms with van der Waals surface area (Å²) in [6, 6.07) is 0.713. The molecule has 3 heteroatoms. The summed E-state index contributed by atoms with van der Waals surface area (Å²) in [6.07, 6.45) is 2.60. The Morgan fingerprint density at radius 2 is 2.18 bits per heavy atom. The molecule has 0 saturated carbocycles. The van der Waals surface area contributed by atoms with Crippen molar-refractivity contribution < 1.29 is 4.74 Å². The molecule has 0 bridgehead atoms. The summed E-state index contributed by atoms with van der Waals surface area (Å²) >= 11 is 4.50. The highest BCUT2D eigenvalue weighted by Crippen LogP contribution is 2.19. The van der Waals surface area contributed by atoms with Gasteiger partial charge in [-0.15, -0.1) is 0 Å². The second-order valence-electron chi connectivity index (χ2n) is 3.48. The van der Waals surface area contributed by atoms with Gasteiger partial charge in [-0.25, -0.2) is 0 Å².